The SMILES string of the molecule is Cn1ncc2cc(Nc3cccc4c3C(=O)N(CC(=O)N3CCCC3)C4)cc(F)c21. The van der Waals surface area contributed by atoms with E-state index in [2.05, 4.69) is 10.4 Å². The van der Waals surface area contributed by atoms with Gasteiger partial charge in [0.15, 0.2) is 5.82 Å². The van der Waals surface area contributed by atoms with E-state index in [-0.39, 0.29) is 24.2 Å². The number of carbonyl (C=O) groups excluding carboxylic acids is 2. The summed E-state index contributed by atoms with van der Waals surface area (Å²) in [4.78, 5) is 29.0. The fourth-order valence-electron chi connectivity index (χ4n) is 4.38. The Kier molecular flexibility index (Phi) is 4.42. The van der Waals surface area contributed by atoms with Crippen LogP contribution in [0.15, 0.2) is 36.5 Å². The number of nitrogens with zero attached hydrogens (tertiary/aromatic N) is 4. The summed E-state index contributed by atoms with van der Waals surface area (Å²) in [5.41, 5.74) is 2.99. The number of benzene rings is 2. The van der Waals surface area contributed by atoms with Crippen LogP contribution in [0.1, 0.15) is 28.8 Å². The fourth-order valence-corrected chi connectivity index (χ4v) is 4.38. The quantitative estimate of drug-likeness (QED) is 0.722. The molecule has 1 N–H and O–H groups in total. The van der Waals surface area contributed by atoms with Gasteiger partial charge in [-0.15, -0.1) is 0 Å². The van der Waals surface area contributed by atoms with Gasteiger partial charge in [0.2, 0.25) is 5.91 Å². The van der Waals surface area contributed by atoms with Crippen molar-refractivity contribution >= 4 is 34.1 Å². The highest BCUT2D eigenvalue weighted by atomic mass is 19.1. The molecule has 0 aliphatic carbocycles. The van der Waals surface area contributed by atoms with Gasteiger partial charge in [0.1, 0.15) is 12.1 Å². The van der Waals surface area contributed by atoms with Crippen LogP contribution >= 0.6 is 0 Å². The lowest BCUT2D eigenvalue weighted by atomic mass is 10.1. The predicted molar refractivity (Wildman–Crippen MR) is 111 cm³/mol. The van der Waals surface area contributed by atoms with Crippen LogP contribution in [0.25, 0.3) is 10.9 Å². The Morgan fingerprint density at radius 3 is 2.83 bits per heavy atom. The molecule has 30 heavy (non-hydrogen) atoms. The number of fused-ring (bicyclic) bond motifs is 2. The maximum Gasteiger partial charge on any atom is 0.257 e. The van der Waals surface area contributed by atoms with E-state index in [1.54, 1.807) is 30.3 Å². The predicted octanol–water partition coefficient (Wildman–Crippen LogP) is 3.03. The summed E-state index contributed by atoms with van der Waals surface area (Å²) in [6.45, 7) is 2.02. The molecule has 0 spiro atoms. The van der Waals surface area contributed by atoms with Crippen LogP contribution < -0.4 is 5.32 Å². The Hall–Kier alpha value is -3.42. The van der Waals surface area contributed by atoms with Crippen LogP contribution in [-0.4, -0.2) is 51.0 Å². The molecule has 8 heteroatoms. The second-order valence-corrected chi connectivity index (χ2v) is 7.88. The van der Waals surface area contributed by atoms with Crippen LogP contribution in [-0.2, 0) is 18.4 Å². The molecule has 7 nitrogen and oxygen atoms in total. The van der Waals surface area contributed by atoms with Crippen molar-refractivity contribution in [2.75, 3.05) is 25.0 Å². The minimum Gasteiger partial charge on any atom is -0.355 e. The fraction of sp³-hybridized carbons (Fsp3) is 0.318. The van der Waals surface area contributed by atoms with Gasteiger partial charge in [0.05, 0.1) is 17.4 Å². The molecule has 0 radical (unpaired) electrons. The van der Waals surface area contributed by atoms with Gasteiger partial charge in [0.25, 0.3) is 5.91 Å². The first-order valence-corrected chi connectivity index (χ1v) is 10.1. The van der Waals surface area contributed by atoms with Gasteiger partial charge in [0, 0.05) is 37.8 Å². The van der Waals surface area contributed by atoms with Gasteiger partial charge in [-0.1, -0.05) is 12.1 Å². The smallest absolute Gasteiger partial charge is 0.257 e. The Bertz CT molecular complexity index is 1170. The molecule has 0 atom stereocenters. The summed E-state index contributed by atoms with van der Waals surface area (Å²) in [6, 6.07) is 8.76. The zero-order chi connectivity index (χ0) is 20.8. The number of carbonyl (C=O) groups is 2. The number of halogens is 1. The molecule has 3 aromatic rings. The zero-order valence-corrected chi connectivity index (χ0v) is 16.7. The van der Waals surface area contributed by atoms with E-state index in [0.29, 0.717) is 34.4 Å². The second kappa shape index (κ2) is 7.12. The summed E-state index contributed by atoms with van der Waals surface area (Å²) in [5.74, 6) is -0.567. The number of likely N-dealkylation sites (tertiary alicyclic amines) is 1. The van der Waals surface area contributed by atoms with Crippen molar-refractivity contribution < 1.29 is 14.0 Å². The zero-order valence-electron chi connectivity index (χ0n) is 16.7. The Morgan fingerprint density at radius 2 is 2.03 bits per heavy atom. The topological polar surface area (TPSA) is 70.5 Å². The number of anilines is 2. The summed E-state index contributed by atoms with van der Waals surface area (Å²) in [5, 5.41) is 7.96. The first-order valence-electron chi connectivity index (χ1n) is 10.1. The van der Waals surface area contributed by atoms with E-state index in [0.717, 1.165) is 31.5 Å². The first-order chi connectivity index (χ1) is 14.5. The van der Waals surface area contributed by atoms with Crippen LogP contribution in [0.5, 0.6) is 0 Å². The van der Waals surface area contributed by atoms with Crippen molar-refractivity contribution in [3.63, 3.8) is 0 Å². The Labute approximate surface area is 173 Å². The number of nitrogens with one attached hydrogen (secondary N) is 1. The standard InChI is InChI=1S/C22H22FN5O2/c1-26-21-15(11-24-26)9-16(10-17(21)23)25-18-6-4-5-14-12-28(22(30)20(14)18)13-19(29)27-7-2-3-8-27/h4-6,9-11,25H,2-3,7-8,12-13H2,1H3. The summed E-state index contributed by atoms with van der Waals surface area (Å²) >= 11 is 0. The normalized spacial score (nSPS) is 15.9. The van der Waals surface area contributed by atoms with Crippen LogP contribution in [0, 0.1) is 5.82 Å². The number of hydrogen-bond donors (Lipinski definition) is 1. The van der Waals surface area contributed by atoms with Crippen molar-refractivity contribution in [3.05, 3.63) is 53.5 Å². The molecular formula is C22H22FN5O2. The maximum absolute atomic E-state index is 14.5. The molecule has 3 heterocycles. The van der Waals surface area contributed by atoms with Crippen molar-refractivity contribution in [1.82, 2.24) is 19.6 Å². The van der Waals surface area contributed by atoms with E-state index >= 15 is 0 Å². The lowest BCUT2D eigenvalue weighted by Gasteiger charge is -2.20. The third kappa shape index (κ3) is 3.08. The molecule has 2 aliphatic rings. The number of aromatic nitrogens is 2. The average Bonchev–Trinajstić information content (AvgIpc) is 3.43. The van der Waals surface area contributed by atoms with Gasteiger partial charge in [-0.05, 0) is 36.6 Å². The minimum atomic E-state index is -0.383. The summed E-state index contributed by atoms with van der Waals surface area (Å²) in [7, 11) is 1.69. The molecule has 2 aliphatic heterocycles. The summed E-state index contributed by atoms with van der Waals surface area (Å²) in [6.07, 6.45) is 3.65. The first kappa shape index (κ1) is 18.6. The molecule has 1 saturated heterocycles. The largest absolute Gasteiger partial charge is 0.355 e. The van der Waals surface area contributed by atoms with Crippen LogP contribution in [0.4, 0.5) is 15.8 Å². The third-order valence-electron chi connectivity index (χ3n) is 5.86. The van der Waals surface area contributed by atoms with Gasteiger partial charge >= 0.3 is 0 Å². The van der Waals surface area contributed by atoms with Crippen LogP contribution in [0.3, 0.4) is 0 Å². The second-order valence-electron chi connectivity index (χ2n) is 7.88. The molecule has 1 fully saturated rings. The minimum absolute atomic E-state index is 0.00716. The molecule has 0 saturated carbocycles. The highest BCUT2D eigenvalue weighted by Gasteiger charge is 2.32. The van der Waals surface area contributed by atoms with Crippen molar-refractivity contribution in [3.8, 4) is 0 Å². The lowest BCUT2D eigenvalue weighted by molar-refractivity contribution is -0.130. The van der Waals surface area contributed by atoms with Gasteiger partial charge in [-0.3, -0.25) is 14.3 Å². The molecule has 0 bridgehead atoms. The average molecular weight is 407 g/mol. The van der Waals surface area contributed by atoms with E-state index in [1.807, 2.05) is 17.0 Å². The third-order valence-corrected chi connectivity index (χ3v) is 5.86. The highest BCUT2D eigenvalue weighted by molar-refractivity contribution is 6.05. The maximum atomic E-state index is 14.5. The molecular weight excluding hydrogens is 385 g/mol. The highest BCUT2D eigenvalue weighted by Crippen LogP contribution is 2.32. The molecule has 5 rings (SSSR count). The van der Waals surface area contributed by atoms with Crippen molar-refractivity contribution in [1.29, 1.82) is 0 Å². The van der Waals surface area contributed by atoms with E-state index in [9.17, 15) is 14.0 Å². The molecule has 0 unspecified atom stereocenters. The monoisotopic (exact) mass is 407 g/mol. The van der Waals surface area contributed by atoms with E-state index in [4.69, 9.17) is 0 Å². The Morgan fingerprint density at radius 1 is 1.23 bits per heavy atom. The van der Waals surface area contributed by atoms with Crippen molar-refractivity contribution in [2.24, 2.45) is 7.05 Å². The number of aryl methyl sites for hydroxylation is 1. The molecule has 154 valence electrons. The van der Waals surface area contributed by atoms with Gasteiger partial charge in [-0.25, -0.2) is 4.39 Å². The molecule has 2 aromatic carbocycles. The molecule has 2 amide bonds. The molecule has 1 aromatic heterocycles. The van der Waals surface area contributed by atoms with Crippen molar-refractivity contribution in [2.45, 2.75) is 19.4 Å². The van der Waals surface area contributed by atoms with E-state index < -0.39 is 0 Å². The van der Waals surface area contributed by atoms with E-state index in [1.165, 1.54) is 10.7 Å². The number of hydrogen-bond acceptors (Lipinski definition) is 4. The summed E-state index contributed by atoms with van der Waals surface area (Å²) < 4.78 is 16.0. The van der Waals surface area contributed by atoms with Gasteiger partial charge < -0.3 is 15.1 Å². The lowest BCUT2D eigenvalue weighted by Crippen LogP contribution is -2.39. The number of rotatable bonds is 4. The Balaban J connectivity index is 1.40. The van der Waals surface area contributed by atoms with Gasteiger partial charge in [-0.2, -0.15) is 5.10 Å². The van der Waals surface area contributed by atoms with Crippen LogP contribution in [0.2, 0.25) is 0 Å². The number of amides is 2.